The van der Waals surface area contributed by atoms with Crippen molar-refractivity contribution < 1.29 is 4.74 Å². The molecule has 2 atom stereocenters. The third-order valence-corrected chi connectivity index (χ3v) is 2.97. The topological polar surface area (TPSA) is 21.3 Å². The molecule has 2 heteroatoms. The molecule has 1 rings (SSSR count). The average molecular weight is 199 g/mol. The SMILES string of the molecule is CNC1CCCCCC1OCC(C)C. The molecular weight excluding hydrogens is 174 g/mol. The van der Waals surface area contributed by atoms with Crippen molar-refractivity contribution in [3.63, 3.8) is 0 Å². The highest BCUT2D eigenvalue weighted by molar-refractivity contribution is 4.79. The van der Waals surface area contributed by atoms with Gasteiger partial charge in [-0.2, -0.15) is 0 Å². The van der Waals surface area contributed by atoms with Gasteiger partial charge < -0.3 is 10.1 Å². The maximum absolute atomic E-state index is 5.97. The molecule has 0 radical (unpaired) electrons. The third-order valence-electron chi connectivity index (χ3n) is 2.97. The molecule has 0 aromatic rings. The lowest BCUT2D eigenvalue weighted by Gasteiger charge is -2.25. The van der Waals surface area contributed by atoms with Crippen molar-refractivity contribution in [1.82, 2.24) is 5.32 Å². The fraction of sp³-hybridized carbons (Fsp3) is 1.00. The van der Waals surface area contributed by atoms with Gasteiger partial charge >= 0.3 is 0 Å². The maximum atomic E-state index is 5.97. The van der Waals surface area contributed by atoms with Gasteiger partial charge in [-0.05, 0) is 25.8 Å². The highest BCUT2D eigenvalue weighted by Crippen LogP contribution is 2.20. The molecular formula is C12H25NO. The number of likely N-dealkylation sites (N-methyl/N-ethyl adjacent to an activating group) is 1. The van der Waals surface area contributed by atoms with Crippen LogP contribution in [0.2, 0.25) is 0 Å². The van der Waals surface area contributed by atoms with E-state index in [1.54, 1.807) is 0 Å². The lowest BCUT2D eigenvalue weighted by Crippen LogP contribution is -2.39. The second-order valence-electron chi connectivity index (χ2n) is 4.80. The predicted molar refractivity (Wildman–Crippen MR) is 60.5 cm³/mol. The van der Waals surface area contributed by atoms with E-state index in [1.807, 2.05) is 0 Å². The molecule has 1 aliphatic rings. The molecule has 2 nitrogen and oxygen atoms in total. The number of nitrogens with one attached hydrogen (secondary N) is 1. The van der Waals surface area contributed by atoms with E-state index in [0.717, 1.165) is 6.61 Å². The minimum atomic E-state index is 0.449. The summed E-state index contributed by atoms with van der Waals surface area (Å²) < 4.78 is 5.97. The summed E-state index contributed by atoms with van der Waals surface area (Å²) in [5, 5.41) is 3.39. The van der Waals surface area contributed by atoms with Crippen LogP contribution in [-0.4, -0.2) is 25.8 Å². The van der Waals surface area contributed by atoms with Crippen LogP contribution in [0.3, 0.4) is 0 Å². The Morgan fingerprint density at radius 1 is 1.21 bits per heavy atom. The van der Waals surface area contributed by atoms with E-state index in [-0.39, 0.29) is 0 Å². The summed E-state index contributed by atoms with van der Waals surface area (Å²) >= 11 is 0. The molecule has 0 bridgehead atoms. The molecule has 0 aliphatic heterocycles. The highest BCUT2D eigenvalue weighted by Gasteiger charge is 2.22. The van der Waals surface area contributed by atoms with Gasteiger partial charge in [-0.3, -0.25) is 0 Å². The fourth-order valence-corrected chi connectivity index (χ4v) is 2.12. The van der Waals surface area contributed by atoms with Gasteiger partial charge in [-0.1, -0.05) is 33.1 Å². The lowest BCUT2D eigenvalue weighted by molar-refractivity contribution is 0.00949. The first-order chi connectivity index (χ1) is 6.74. The van der Waals surface area contributed by atoms with Gasteiger partial charge in [0.05, 0.1) is 6.10 Å². The number of hydrogen-bond acceptors (Lipinski definition) is 2. The number of ether oxygens (including phenoxy) is 1. The van der Waals surface area contributed by atoms with Gasteiger partial charge in [0, 0.05) is 12.6 Å². The molecule has 84 valence electrons. The Kier molecular flexibility index (Phi) is 5.49. The summed E-state index contributed by atoms with van der Waals surface area (Å²) in [6.07, 6.45) is 7.02. The molecule has 0 aromatic heterocycles. The molecule has 1 saturated carbocycles. The van der Waals surface area contributed by atoms with Crippen LogP contribution in [0, 0.1) is 5.92 Å². The third kappa shape index (κ3) is 3.97. The van der Waals surface area contributed by atoms with Crippen LogP contribution in [0.4, 0.5) is 0 Å². The van der Waals surface area contributed by atoms with Gasteiger partial charge in [0.25, 0.3) is 0 Å². The Balaban J connectivity index is 2.36. The van der Waals surface area contributed by atoms with E-state index in [2.05, 4.69) is 26.2 Å². The minimum Gasteiger partial charge on any atom is -0.376 e. The van der Waals surface area contributed by atoms with E-state index < -0.39 is 0 Å². The first-order valence-electron chi connectivity index (χ1n) is 6.03. The largest absolute Gasteiger partial charge is 0.376 e. The second-order valence-corrected chi connectivity index (χ2v) is 4.80. The molecule has 0 heterocycles. The first kappa shape index (κ1) is 12.0. The summed E-state index contributed by atoms with van der Waals surface area (Å²) in [5.41, 5.74) is 0. The van der Waals surface area contributed by atoms with E-state index in [0.29, 0.717) is 18.1 Å². The summed E-state index contributed by atoms with van der Waals surface area (Å²) in [5.74, 6) is 0.649. The van der Waals surface area contributed by atoms with Gasteiger partial charge in [0.2, 0.25) is 0 Å². The summed E-state index contributed by atoms with van der Waals surface area (Å²) in [6.45, 7) is 5.33. The lowest BCUT2D eigenvalue weighted by atomic mass is 10.1. The highest BCUT2D eigenvalue weighted by atomic mass is 16.5. The summed E-state index contributed by atoms with van der Waals surface area (Å²) in [7, 11) is 2.06. The van der Waals surface area contributed by atoms with Crippen molar-refractivity contribution in [3.05, 3.63) is 0 Å². The molecule has 0 aromatic carbocycles. The van der Waals surface area contributed by atoms with Gasteiger partial charge in [0.1, 0.15) is 0 Å². The average Bonchev–Trinajstić information content (AvgIpc) is 2.38. The van der Waals surface area contributed by atoms with Crippen LogP contribution >= 0.6 is 0 Å². The second kappa shape index (κ2) is 6.41. The van der Waals surface area contributed by atoms with Crippen molar-refractivity contribution in [2.75, 3.05) is 13.7 Å². The normalized spacial score (nSPS) is 29.1. The van der Waals surface area contributed by atoms with E-state index in [9.17, 15) is 0 Å². The Hall–Kier alpha value is -0.0800. The maximum Gasteiger partial charge on any atom is 0.0728 e. The number of hydrogen-bond donors (Lipinski definition) is 1. The van der Waals surface area contributed by atoms with Crippen LogP contribution in [0.1, 0.15) is 46.0 Å². The Morgan fingerprint density at radius 2 is 1.93 bits per heavy atom. The standard InChI is InChI=1S/C12H25NO/c1-10(2)9-14-12-8-6-4-5-7-11(12)13-3/h10-13H,4-9H2,1-3H3. The Bertz CT molecular complexity index is 147. The molecule has 2 unspecified atom stereocenters. The zero-order valence-electron chi connectivity index (χ0n) is 9.88. The van der Waals surface area contributed by atoms with Crippen LogP contribution in [-0.2, 0) is 4.74 Å². The Morgan fingerprint density at radius 3 is 2.57 bits per heavy atom. The fourth-order valence-electron chi connectivity index (χ4n) is 2.12. The van der Waals surface area contributed by atoms with Crippen LogP contribution in [0.15, 0.2) is 0 Å². The molecule has 1 aliphatic carbocycles. The van der Waals surface area contributed by atoms with Crippen LogP contribution in [0.5, 0.6) is 0 Å². The molecule has 0 saturated heterocycles. The molecule has 14 heavy (non-hydrogen) atoms. The van der Waals surface area contributed by atoms with Crippen LogP contribution < -0.4 is 5.32 Å². The first-order valence-corrected chi connectivity index (χ1v) is 6.03. The number of rotatable bonds is 4. The smallest absolute Gasteiger partial charge is 0.0728 e. The predicted octanol–water partition coefficient (Wildman–Crippen LogP) is 2.58. The van der Waals surface area contributed by atoms with Crippen molar-refractivity contribution in [3.8, 4) is 0 Å². The Labute approximate surface area is 88.4 Å². The van der Waals surface area contributed by atoms with Crippen molar-refractivity contribution in [2.45, 2.75) is 58.1 Å². The van der Waals surface area contributed by atoms with E-state index in [1.165, 1.54) is 32.1 Å². The minimum absolute atomic E-state index is 0.449. The van der Waals surface area contributed by atoms with E-state index in [4.69, 9.17) is 4.74 Å². The van der Waals surface area contributed by atoms with Crippen molar-refractivity contribution in [1.29, 1.82) is 0 Å². The van der Waals surface area contributed by atoms with Crippen molar-refractivity contribution >= 4 is 0 Å². The quantitative estimate of drug-likeness (QED) is 0.703. The molecule has 1 fully saturated rings. The monoisotopic (exact) mass is 199 g/mol. The van der Waals surface area contributed by atoms with E-state index >= 15 is 0 Å². The molecule has 0 spiro atoms. The molecule has 0 amide bonds. The van der Waals surface area contributed by atoms with Crippen molar-refractivity contribution in [2.24, 2.45) is 5.92 Å². The molecule has 1 N–H and O–H groups in total. The van der Waals surface area contributed by atoms with Gasteiger partial charge in [-0.25, -0.2) is 0 Å². The van der Waals surface area contributed by atoms with Gasteiger partial charge in [0.15, 0.2) is 0 Å². The summed E-state index contributed by atoms with van der Waals surface area (Å²) in [4.78, 5) is 0. The zero-order chi connectivity index (χ0) is 10.4. The summed E-state index contributed by atoms with van der Waals surface area (Å²) in [6, 6.07) is 0.580. The van der Waals surface area contributed by atoms with Gasteiger partial charge in [-0.15, -0.1) is 0 Å². The van der Waals surface area contributed by atoms with Crippen LogP contribution in [0.25, 0.3) is 0 Å². The zero-order valence-corrected chi connectivity index (χ0v) is 9.88.